The van der Waals surface area contributed by atoms with E-state index >= 15 is 0 Å². The van der Waals surface area contributed by atoms with Gasteiger partial charge in [0.15, 0.2) is 5.69 Å². The molecular formula is C14H16N3O6-. The Bertz CT molecular complexity index is 658. The van der Waals surface area contributed by atoms with Gasteiger partial charge in [-0.2, -0.15) is 5.10 Å². The Hall–Kier alpha value is -2.65. The quantitative estimate of drug-likeness (QED) is 0.645. The molecule has 0 atom stereocenters. The first-order chi connectivity index (χ1) is 11.1. The molecule has 0 radical (unpaired) electrons. The Kier molecular flexibility index (Phi) is 5.89. The van der Waals surface area contributed by atoms with Crippen LogP contribution in [0.4, 0.5) is 0 Å². The number of rotatable bonds is 9. The van der Waals surface area contributed by atoms with Gasteiger partial charge >= 0.3 is 5.97 Å². The van der Waals surface area contributed by atoms with E-state index in [1.165, 1.54) is 24.5 Å². The molecule has 124 valence electrons. The first kappa shape index (κ1) is 16.7. The van der Waals surface area contributed by atoms with Crippen LogP contribution in [0.1, 0.15) is 10.5 Å². The van der Waals surface area contributed by atoms with Gasteiger partial charge < -0.3 is 24.4 Å². The fourth-order valence-electron chi connectivity index (χ4n) is 1.69. The number of pyridine rings is 1. The molecule has 0 spiro atoms. The maximum absolute atomic E-state index is 12.0. The minimum absolute atomic E-state index is 0.00111. The van der Waals surface area contributed by atoms with Crippen LogP contribution in [0, 0.1) is 0 Å². The molecule has 2 rings (SSSR count). The van der Waals surface area contributed by atoms with Gasteiger partial charge in [0.05, 0.1) is 26.0 Å². The van der Waals surface area contributed by atoms with Gasteiger partial charge in [0.2, 0.25) is 0 Å². The molecule has 0 saturated carbocycles. The number of hydrogen-bond acceptors (Lipinski definition) is 7. The average molecular weight is 322 g/mol. The lowest BCUT2D eigenvalue weighted by Gasteiger charge is -2.14. The van der Waals surface area contributed by atoms with Crippen LogP contribution < -0.4 is 9.84 Å². The highest BCUT2D eigenvalue weighted by atomic mass is 16.5. The van der Waals surface area contributed by atoms with E-state index in [1.807, 2.05) is 0 Å². The SMILES string of the molecule is COCCOCCOc1cnc(-n2ccc(C(=O)O)n2)c([O-])c1. The molecule has 0 amide bonds. The summed E-state index contributed by atoms with van der Waals surface area (Å²) in [6, 6.07) is 2.55. The molecule has 0 bridgehead atoms. The monoisotopic (exact) mass is 322 g/mol. The van der Waals surface area contributed by atoms with Crippen molar-refractivity contribution in [2.75, 3.05) is 33.5 Å². The largest absolute Gasteiger partial charge is 0.870 e. The highest BCUT2D eigenvalue weighted by molar-refractivity contribution is 5.85. The Labute approximate surface area is 132 Å². The zero-order chi connectivity index (χ0) is 16.7. The predicted molar refractivity (Wildman–Crippen MR) is 76.0 cm³/mol. The van der Waals surface area contributed by atoms with Crippen LogP contribution in [0.5, 0.6) is 11.5 Å². The molecule has 1 N–H and O–H groups in total. The maximum atomic E-state index is 12.0. The van der Waals surface area contributed by atoms with E-state index in [1.54, 1.807) is 7.11 Å². The van der Waals surface area contributed by atoms with Gasteiger partial charge in [0.25, 0.3) is 0 Å². The van der Waals surface area contributed by atoms with Crippen molar-refractivity contribution in [3.63, 3.8) is 0 Å². The number of carboxylic acids is 1. The molecule has 0 aliphatic heterocycles. The maximum Gasteiger partial charge on any atom is 0.356 e. The number of nitrogens with zero attached hydrogens (tertiary/aromatic N) is 3. The van der Waals surface area contributed by atoms with E-state index in [0.29, 0.717) is 25.6 Å². The Morgan fingerprint density at radius 2 is 2.13 bits per heavy atom. The molecule has 2 aromatic heterocycles. The zero-order valence-electron chi connectivity index (χ0n) is 12.5. The summed E-state index contributed by atoms with van der Waals surface area (Å²) in [7, 11) is 1.59. The van der Waals surface area contributed by atoms with Crippen LogP contribution in [-0.2, 0) is 9.47 Å². The highest BCUT2D eigenvalue weighted by Gasteiger charge is 2.09. The molecule has 9 heteroatoms. The minimum Gasteiger partial charge on any atom is -0.870 e. The molecule has 9 nitrogen and oxygen atoms in total. The lowest BCUT2D eigenvalue weighted by molar-refractivity contribution is -0.268. The van der Waals surface area contributed by atoms with Gasteiger partial charge in [-0.3, -0.25) is 0 Å². The van der Waals surface area contributed by atoms with Crippen molar-refractivity contribution >= 4 is 5.97 Å². The molecule has 0 fully saturated rings. The molecule has 0 aliphatic carbocycles. The van der Waals surface area contributed by atoms with Crippen molar-refractivity contribution < 1.29 is 29.2 Å². The topological polar surface area (TPSA) is 119 Å². The number of ether oxygens (including phenoxy) is 3. The van der Waals surface area contributed by atoms with Gasteiger partial charge in [0.1, 0.15) is 18.2 Å². The summed E-state index contributed by atoms with van der Waals surface area (Å²) in [6.07, 6.45) is 2.73. The first-order valence-corrected chi connectivity index (χ1v) is 6.77. The van der Waals surface area contributed by atoms with E-state index in [4.69, 9.17) is 19.3 Å². The van der Waals surface area contributed by atoms with Crippen LogP contribution in [0.15, 0.2) is 24.5 Å². The number of methoxy groups -OCH3 is 1. The summed E-state index contributed by atoms with van der Waals surface area (Å²) in [6.45, 7) is 1.60. The molecule has 0 aliphatic rings. The minimum atomic E-state index is -1.18. The normalized spacial score (nSPS) is 10.7. The van der Waals surface area contributed by atoms with Crippen LogP contribution in [-0.4, -0.2) is 59.4 Å². The lowest BCUT2D eigenvalue weighted by atomic mass is 10.4. The third kappa shape index (κ3) is 4.66. The smallest absolute Gasteiger partial charge is 0.356 e. The van der Waals surface area contributed by atoms with Crippen LogP contribution in [0.3, 0.4) is 0 Å². The number of carbonyl (C=O) groups is 1. The number of aromatic carboxylic acids is 1. The fraction of sp³-hybridized carbons (Fsp3) is 0.357. The Morgan fingerprint density at radius 1 is 1.35 bits per heavy atom. The van der Waals surface area contributed by atoms with E-state index in [9.17, 15) is 9.90 Å². The van der Waals surface area contributed by atoms with Crippen molar-refractivity contribution in [3.8, 4) is 17.3 Å². The van der Waals surface area contributed by atoms with E-state index in [0.717, 1.165) is 4.68 Å². The van der Waals surface area contributed by atoms with Crippen molar-refractivity contribution in [1.82, 2.24) is 14.8 Å². The summed E-state index contributed by atoms with van der Waals surface area (Å²) in [4.78, 5) is 14.7. The van der Waals surface area contributed by atoms with Crippen LogP contribution in [0.2, 0.25) is 0 Å². The number of aromatic nitrogens is 3. The van der Waals surface area contributed by atoms with Gasteiger partial charge in [-0.25, -0.2) is 14.5 Å². The molecular weight excluding hydrogens is 306 g/mol. The van der Waals surface area contributed by atoms with Gasteiger partial charge in [0, 0.05) is 13.3 Å². The number of carboxylic acid groups (broad SMARTS) is 1. The summed E-state index contributed by atoms with van der Waals surface area (Å²) < 4.78 is 16.5. The van der Waals surface area contributed by atoms with Crippen molar-refractivity contribution in [1.29, 1.82) is 0 Å². The summed E-state index contributed by atoms with van der Waals surface area (Å²) in [5.41, 5.74) is -0.167. The van der Waals surface area contributed by atoms with Crippen LogP contribution in [0.25, 0.3) is 5.82 Å². The standard InChI is InChI=1S/C14H17N3O6/c1-21-4-5-22-6-7-23-10-8-12(18)13(15-9-10)17-3-2-11(16-17)14(19)20/h2-3,8-9,18H,4-7H2,1H3,(H,19,20)/p-1. The van der Waals surface area contributed by atoms with Gasteiger partial charge in [-0.15, -0.1) is 0 Å². The Balaban J connectivity index is 1.93. The van der Waals surface area contributed by atoms with Crippen molar-refractivity contribution in [2.24, 2.45) is 0 Å². The second-order valence-corrected chi connectivity index (χ2v) is 4.40. The fourth-order valence-corrected chi connectivity index (χ4v) is 1.69. The second-order valence-electron chi connectivity index (χ2n) is 4.40. The first-order valence-electron chi connectivity index (χ1n) is 6.77. The van der Waals surface area contributed by atoms with Crippen molar-refractivity contribution in [3.05, 3.63) is 30.2 Å². The zero-order valence-corrected chi connectivity index (χ0v) is 12.5. The van der Waals surface area contributed by atoms with Gasteiger partial charge in [-0.05, 0) is 12.1 Å². The molecule has 0 aromatic carbocycles. The van der Waals surface area contributed by atoms with E-state index in [2.05, 4.69) is 10.1 Å². The molecule has 2 heterocycles. The molecule has 2 aromatic rings. The van der Waals surface area contributed by atoms with E-state index in [-0.39, 0.29) is 18.1 Å². The highest BCUT2D eigenvalue weighted by Crippen LogP contribution is 2.21. The van der Waals surface area contributed by atoms with Crippen LogP contribution >= 0.6 is 0 Å². The number of hydrogen-bond donors (Lipinski definition) is 1. The molecule has 0 unspecified atom stereocenters. The average Bonchev–Trinajstić information content (AvgIpc) is 3.01. The Morgan fingerprint density at radius 3 is 2.78 bits per heavy atom. The van der Waals surface area contributed by atoms with Crippen molar-refractivity contribution in [2.45, 2.75) is 0 Å². The molecule has 23 heavy (non-hydrogen) atoms. The lowest BCUT2D eigenvalue weighted by Crippen LogP contribution is -2.11. The third-order valence-electron chi connectivity index (χ3n) is 2.76. The predicted octanol–water partition coefficient (Wildman–Crippen LogP) is 0.0809. The summed E-state index contributed by atoms with van der Waals surface area (Å²) >= 11 is 0. The van der Waals surface area contributed by atoms with Gasteiger partial charge in [-0.1, -0.05) is 5.75 Å². The molecule has 0 saturated heterocycles. The summed E-state index contributed by atoms with van der Waals surface area (Å²) in [5, 5.41) is 24.6. The van der Waals surface area contributed by atoms with E-state index < -0.39 is 11.7 Å². The third-order valence-corrected chi connectivity index (χ3v) is 2.76. The second kappa shape index (κ2) is 8.11. The summed E-state index contributed by atoms with van der Waals surface area (Å²) in [5.74, 6) is -1.30.